The number of esters is 2. The summed E-state index contributed by atoms with van der Waals surface area (Å²) in [5, 5.41) is 7.77. The maximum absolute atomic E-state index is 12.2. The predicted molar refractivity (Wildman–Crippen MR) is 86.6 cm³/mol. The van der Waals surface area contributed by atoms with Gasteiger partial charge in [-0.2, -0.15) is 0 Å². The highest BCUT2D eigenvalue weighted by atomic mass is 16.6. The van der Waals surface area contributed by atoms with E-state index >= 15 is 0 Å². The number of nitrogens with zero attached hydrogens (tertiary/aromatic N) is 2. The van der Waals surface area contributed by atoms with Crippen LogP contribution in [-0.4, -0.2) is 22.1 Å². The standard InChI is InChI=1S/C18H14N2O5/c1-12(21)24-15-10-6-5-9-14(15)18(22)23-11-16-19-20-17(25-16)13-7-3-2-4-8-13/h2-10H,11H2,1H3. The van der Waals surface area contributed by atoms with Gasteiger partial charge in [-0.05, 0) is 24.3 Å². The summed E-state index contributed by atoms with van der Waals surface area (Å²) in [7, 11) is 0. The van der Waals surface area contributed by atoms with Crippen LogP contribution in [0.2, 0.25) is 0 Å². The zero-order valence-electron chi connectivity index (χ0n) is 13.3. The number of para-hydroxylation sites is 1. The van der Waals surface area contributed by atoms with Gasteiger partial charge in [0, 0.05) is 12.5 Å². The summed E-state index contributed by atoms with van der Waals surface area (Å²) in [6.07, 6.45) is 0. The van der Waals surface area contributed by atoms with Crippen molar-refractivity contribution in [2.75, 3.05) is 0 Å². The van der Waals surface area contributed by atoms with Crippen LogP contribution in [0.25, 0.3) is 11.5 Å². The van der Waals surface area contributed by atoms with Crippen molar-refractivity contribution in [1.82, 2.24) is 10.2 Å². The summed E-state index contributed by atoms with van der Waals surface area (Å²) in [6.45, 7) is 1.07. The molecule has 0 aliphatic rings. The first-order chi connectivity index (χ1) is 12.1. The lowest BCUT2D eigenvalue weighted by molar-refractivity contribution is -0.131. The molecule has 3 aromatic rings. The van der Waals surface area contributed by atoms with Crippen molar-refractivity contribution in [2.24, 2.45) is 0 Å². The Hall–Kier alpha value is -3.48. The number of carbonyl (C=O) groups excluding carboxylic acids is 2. The molecule has 3 rings (SSSR count). The van der Waals surface area contributed by atoms with E-state index in [1.165, 1.54) is 19.1 Å². The van der Waals surface area contributed by atoms with Gasteiger partial charge in [-0.15, -0.1) is 10.2 Å². The Bertz CT molecular complexity index is 889. The lowest BCUT2D eigenvalue weighted by Crippen LogP contribution is -2.10. The van der Waals surface area contributed by atoms with Crippen molar-refractivity contribution in [3.05, 3.63) is 66.1 Å². The molecule has 7 nitrogen and oxygen atoms in total. The molecule has 0 N–H and O–H groups in total. The first-order valence-electron chi connectivity index (χ1n) is 7.46. The normalized spacial score (nSPS) is 10.3. The van der Waals surface area contributed by atoms with Gasteiger partial charge in [0.15, 0.2) is 6.61 Å². The molecule has 0 atom stereocenters. The van der Waals surface area contributed by atoms with Crippen molar-refractivity contribution in [3.8, 4) is 17.2 Å². The first kappa shape index (κ1) is 16.4. The van der Waals surface area contributed by atoms with Crippen LogP contribution in [0.3, 0.4) is 0 Å². The SMILES string of the molecule is CC(=O)Oc1ccccc1C(=O)OCc1nnc(-c2ccccc2)o1. The van der Waals surface area contributed by atoms with E-state index in [1.807, 2.05) is 30.3 Å². The fourth-order valence-electron chi connectivity index (χ4n) is 2.09. The Morgan fingerprint density at radius 3 is 2.48 bits per heavy atom. The van der Waals surface area contributed by atoms with Gasteiger partial charge < -0.3 is 13.9 Å². The van der Waals surface area contributed by atoms with Crippen LogP contribution in [0.4, 0.5) is 0 Å². The maximum Gasteiger partial charge on any atom is 0.342 e. The molecule has 0 radical (unpaired) electrons. The van der Waals surface area contributed by atoms with Gasteiger partial charge in [0.05, 0.1) is 0 Å². The molecule has 1 aromatic heterocycles. The molecule has 0 fully saturated rings. The minimum atomic E-state index is -0.656. The summed E-state index contributed by atoms with van der Waals surface area (Å²) < 4.78 is 15.6. The van der Waals surface area contributed by atoms with E-state index in [4.69, 9.17) is 13.9 Å². The summed E-state index contributed by atoms with van der Waals surface area (Å²) in [5.74, 6) is -0.541. The molecule has 0 saturated carbocycles. The quantitative estimate of drug-likeness (QED) is 0.521. The van der Waals surface area contributed by atoms with Gasteiger partial charge in [-0.3, -0.25) is 4.79 Å². The highest BCUT2D eigenvalue weighted by Gasteiger charge is 2.17. The van der Waals surface area contributed by atoms with Crippen molar-refractivity contribution >= 4 is 11.9 Å². The Morgan fingerprint density at radius 2 is 1.72 bits per heavy atom. The molecule has 0 unspecified atom stereocenters. The van der Waals surface area contributed by atoms with E-state index in [0.29, 0.717) is 5.89 Å². The Morgan fingerprint density at radius 1 is 1.00 bits per heavy atom. The minimum Gasteiger partial charge on any atom is -0.452 e. The van der Waals surface area contributed by atoms with Gasteiger partial charge in [-0.25, -0.2) is 4.79 Å². The monoisotopic (exact) mass is 338 g/mol. The van der Waals surface area contributed by atoms with Crippen LogP contribution < -0.4 is 4.74 Å². The van der Waals surface area contributed by atoms with Crippen molar-refractivity contribution in [1.29, 1.82) is 0 Å². The topological polar surface area (TPSA) is 91.5 Å². The molecule has 0 bridgehead atoms. The fraction of sp³-hybridized carbons (Fsp3) is 0.111. The van der Waals surface area contributed by atoms with Gasteiger partial charge in [0.2, 0.25) is 5.89 Å². The molecule has 0 saturated heterocycles. The third-order valence-corrected chi connectivity index (χ3v) is 3.17. The van der Waals surface area contributed by atoms with Crippen molar-refractivity contribution in [3.63, 3.8) is 0 Å². The molecule has 7 heteroatoms. The second-order valence-electron chi connectivity index (χ2n) is 5.03. The Labute approximate surface area is 143 Å². The lowest BCUT2D eigenvalue weighted by atomic mass is 10.2. The number of rotatable bonds is 5. The van der Waals surface area contributed by atoms with Crippen LogP contribution in [0.5, 0.6) is 5.75 Å². The molecule has 0 aliphatic carbocycles. The summed E-state index contributed by atoms with van der Waals surface area (Å²) in [5.41, 5.74) is 0.910. The highest BCUT2D eigenvalue weighted by Crippen LogP contribution is 2.21. The molecule has 0 aliphatic heterocycles. The van der Waals surface area contributed by atoms with Crippen LogP contribution >= 0.6 is 0 Å². The van der Waals surface area contributed by atoms with Crippen LogP contribution in [0, 0.1) is 0 Å². The lowest BCUT2D eigenvalue weighted by Gasteiger charge is -2.07. The Balaban J connectivity index is 1.67. The molecule has 0 amide bonds. The number of aromatic nitrogens is 2. The predicted octanol–water partition coefficient (Wildman–Crippen LogP) is 3.02. The van der Waals surface area contributed by atoms with Crippen molar-refractivity contribution in [2.45, 2.75) is 13.5 Å². The minimum absolute atomic E-state index is 0.135. The van der Waals surface area contributed by atoms with Crippen LogP contribution in [-0.2, 0) is 16.1 Å². The second-order valence-corrected chi connectivity index (χ2v) is 5.03. The molecular formula is C18H14N2O5. The maximum atomic E-state index is 12.2. The number of hydrogen-bond acceptors (Lipinski definition) is 7. The van der Waals surface area contributed by atoms with Crippen molar-refractivity contribution < 1.29 is 23.5 Å². The second kappa shape index (κ2) is 7.39. The number of carbonyl (C=O) groups is 2. The van der Waals surface area contributed by atoms with E-state index in [1.54, 1.807) is 12.1 Å². The molecule has 2 aromatic carbocycles. The summed E-state index contributed by atoms with van der Waals surface area (Å²) >= 11 is 0. The van der Waals surface area contributed by atoms with E-state index in [-0.39, 0.29) is 23.8 Å². The van der Waals surface area contributed by atoms with Gasteiger partial charge >= 0.3 is 11.9 Å². The summed E-state index contributed by atoms with van der Waals surface area (Å²) in [6, 6.07) is 15.6. The molecule has 0 spiro atoms. The number of hydrogen-bond donors (Lipinski definition) is 0. The van der Waals surface area contributed by atoms with Gasteiger partial charge in [-0.1, -0.05) is 30.3 Å². The fourth-order valence-corrected chi connectivity index (χ4v) is 2.09. The van der Waals surface area contributed by atoms with Gasteiger partial charge in [0.1, 0.15) is 11.3 Å². The highest BCUT2D eigenvalue weighted by molar-refractivity contribution is 5.93. The zero-order valence-corrected chi connectivity index (χ0v) is 13.3. The van der Waals surface area contributed by atoms with Gasteiger partial charge in [0.25, 0.3) is 5.89 Å². The summed E-state index contributed by atoms with van der Waals surface area (Å²) in [4.78, 5) is 23.3. The molecule has 1 heterocycles. The zero-order chi connectivity index (χ0) is 17.6. The van der Waals surface area contributed by atoms with E-state index in [0.717, 1.165) is 5.56 Å². The molecular weight excluding hydrogens is 324 g/mol. The first-order valence-corrected chi connectivity index (χ1v) is 7.46. The average molecular weight is 338 g/mol. The molecule has 25 heavy (non-hydrogen) atoms. The van der Waals surface area contributed by atoms with Crippen LogP contribution in [0.1, 0.15) is 23.2 Å². The molecule has 126 valence electrons. The van der Waals surface area contributed by atoms with Crippen LogP contribution in [0.15, 0.2) is 59.0 Å². The third kappa shape index (κ3) is 4.08. The largest absolute Gasteiger partial charge is 0.452 e. The third-order valence-electron chi connectivity index (χ3n) is 3.17. The Kier molecular flexibility index (Phi) is 4.84. The van der Waals surface area contributed by atoms with E-state index in [9.17, 15) is 9.59 Å². The number of benzene rings is 2. The number of ether oxygens (including phenoxy) is 2. The van der Waals surface area contributed by atoms with E-state index < -0.39 is 11.9 Å². The van der Waals surface area contributed by atoms with E-state index in [2.05, 4.69) is 10.2 Å². The smallest absolute Gasteiger partial charge is 0.342 e. The average Bonchev–Trinajstić information content (AvgIpc) is 3.09.